The maximum absolute atomic E-state index is 13.9. The average molecular weight is 577 g/mol. The molecule has 1 aliphatic rings. The van der Waals surface area contributed by atoms with Crippen LogP contribution in [0.5, 0.6) is 11.5 Å². The summed E-state index contributed by atoms with van der Waals surface area (Å²) < 4.78 is 38.0. The highest BCUT2D eigenvalue weighted by Crippen LogP contribution is 2.36. The van der Waals surface area contributed by atoms with Crippen LogP contribution in [0.3, 0.4) is 0 Å². The number of aromatic nitrogens is 1. The minimum atomic E-state index is -0.805. The fourth-order valence-electron chi connectivity index (χ4n) is 4.64. The molecule has 3 heterocycles. The summed E-state index contributed by atoms with van der Waals surface area (Å²) in [6.07, 6.45) is 1.56. The Balaban J connectivity index is 1.64. The number of fused-ring (bicyclic) bond motifs is 1. The maximum Gasteiger partial charge on any atom is 0.338 e. The number of furan rings is 1. The molecule has 0 N–H and O–H groups in total. The number of halogens is 1. The molecule has 0 spiro atoms. The summed E-state index contributed by atoms with van der Waals surface area (Å²) in [7, 11) is 1.54. The number of rotatable bonds is 8. The largest absolute Gasteiger partial charge is 0.493 e. The summed E-state index contributed by atoms with van der Waals surface area (Å²) in [5.41, 5.74) is 1.73. The van der Waals surface area contributed by atoms with Crippen molar-refractivity contribution in [1.29, 1.82) is 0 Å². The molecule has 0 unspecified atom stereocenters. The molecule has 0 saturated carbocycles. The van der Waals surface area contributed by atoms with Crippen LogP contribution < -0.4 is 24.4 Å². The first-order valence-electron chi connectivity index (χ1n) is 13.1. The molecule has 0 fully saturated rings. The first kappa shape index (κ1) is 28.1. The van der Waals surface area contributed by atoms with Crippen molar-refractivity contribution in [2.24, 2.45) is 4.99 Å². The van der Waals surface area contributed by atoms with Gasteiger partial charge in [-0.3, -0.25) is 9.36 Å². The van der Waals surface area contributed by atoms with Gasteiger partial charge in [0.1, 0.15) is 17.3 Å². The van der Waals surface area contributed by atoms with Crippen molar-refractivity contribution in [3.05, 3.63) is 103 Å². The topological polar surface area (TPSA) is 92.3 Å². The van der Waals surface area contributed by atoms with E-state index in [4.69, 9.17) is 18.6 Å². The van der Waals surface area contributed by atoms with Crippen molar-refractivity contribution < 1.29 is 27.8 Å². The highest BCUT2D eigenvalue weighted by Gasteiger charge is 2.34. The molecule has 1 aliphatic heterocycles. The number of nitrogens with zero attached hydrogens (tertiary/aromatic N) is 2. The molecule has 4 aromatic rings. The number of benzene rings is 2. The highest BCUT2D eigenvalue weighted by molar-refractivity contribution is 7.07. The minimum Gasteiger partial charge on any atom is -0.493 e. The number of carbonyl (C=O) groups is 1. The van der Waals surface area contributed by atoms with Gasteiger partial charge in [0.25, 0.3) is 5.56 Å². The quantitative estimate of drug-likeness (QED) is 0.275. The SMILES string of the molecule is CCOC(=O)C1=C(C)N=c2s/c(=C\c3ccc(-c4ccc(F)cc4)o3)c(=O)n2[C@H]1c1ccc(OC(C)C)c(OC)c1. The van der Waals surface area contributed by atoms with Gasteiger partial charge in [-0.15, -0.1) is 0 Å². The zero-order chi connectivity index (χ0) is 29.3. The van der Waals surface area contributed by atoms with E-state index in [1.54, 1.807) is 56.3 Å². The Labute approximate surface area is 239 Å². The number of hydrogen-bond acceptors (Lipinski definition) is 8. The average Bonchev–Trinajstić information content (AvgIpc) is 3.52. The summed E-state index contributed by atoms with van der Waals surface area (Å²) in [5, 5.41) is 0. The van der Waals surface area contributed by atoms with Crippen LogP contribution in [0, 0.1) is 5.82 Å². The molecule has 212 valence electrons. The van der Waals surface area contributed by atoms with Crippen molar-refractivity contribution in [3.8, 4) is 22.8 Å². The molecule has 8 nitrogen and oxygen atoms in total. The Morgan fingerprint density at radius 2 is 1.90 bits per heavy atom. The van der Waals surface area contributed by atoms with Crippen molar-refractivity contribution in [1.82, 2.24) is 4.57 Å². The van der Waals surface area contributed by atoms with Crippen LogP contribution in [0.1, 0.15) is 45.1 Å². The Morgan fingerprint density at radius 1 is 1.15 bits per heavy atom. The van der Waals surface area contributed by atoms with E-state index in [-0.39, 0.29) is 29.7 Å². The number of ether oxygens (including phenoxy) is 3. The Morgan fingerprint density at radius 3 is 2.59 bits per heavy atom. The number of methoxy groups -OCH3 is 1. The second kappa shape index (κ2) is 11.6. The van der Waals surface area contributed by atoms with Gasteiger partial charge in [0.05, 0.1) is 41.7 Å². The summed E-state index contributed by atoms with van der Waals surface area (Å²) in [5.74, 6) is 1.12. The predicted molar refractivity (Wildman–Crippen MR) is 153 cm³/mol. The number of carbonyl (C=O) groups excluding carboxylic acids is 1. The van der Waals surface area contributed by atoms with Gasteiger partial charge in [0, 0.05) is 11.6 Å². The van der Waals surface area contributed by atoms with Crippen molar-refractivity contribution in [3.63, 3.8) is 0 Å². The standard InChI is InChI=1S/C31H29FN2O6S/c1-6-38-30(36)27-18(4)33-31-34(28(27)20-9-13-24(39-17(2)3)25(15-20)37-5)29(35)26(41-31)16-22-12-14-23(40-22)19-7-10-21(32)11-8-19/h7-17,28H,6H2,1-5H3/b26-16-/t28-/m0/s1. The molecular formula is C31H29FN2O6S. The molecule has 41 heavy (non-hydrogen) atoms. The van der Waals surface area contributed by atoms with E-state index in [1.807, 2.05) is 19.9 Å². The lowest BCUT2D eigenvalue weighted by Gasteiger charge is -2.25. The third-order valence-electron chi connectivity index (χ3n) is 6.41. The van der Waals surface area contributed by atoms with Crippen LogP contribution >= 0.6 is 11.3 Å². The van der Waals surface area contributed by atoms with E-state index in [2.05, 4.69) is 4.99 Å². The molecule has 0 radical (unpaired) electrons. The Hall–Kier alpha value is -4.44. The van der Waals surface area contributed by atoms with Crippen LogP contribution in [0.4, 0.5) is 4.39 Å². The lowest BCUT2D eigenvalue weighted by molar-refractivity contribution is -0.139. The van der Waals surface area contributed by atoms with Crippen molar-refractivity contribution >= 4 is 23.4 Å². The minimum absolute atomic E-state index is 0.0742. The van der Waals surface area contributed by atoms with Gasteiger partial charge in [-0.05, 0) is 81.8 Å². The van der Waals surface area contributed by atoms with E-state index in [0.29, 0.717) is 49.2 Å². The van der Waals surface area contributed by atoms with Crippen molar-refractivity contribution in [2.75, 3.05) is 13.7 Å². The van der Waals surface area contributed by atoms with Crippen LogP contribution in [-0.2, 0) is 9.53 Å². The monoisotopic (exact) mass is 576 g/mol. The lowest BCUT2D eigenvalue weighted by Crippen LogP contribution is -2.40. The normalized spacial score (nSPS) is 15.1. The number of esters is 1. The van der Waals surface area contributed by atoms with Crippen LogP contribution in [0.15, 0.2) is 80.1 Å². The number of thiazole rings is 1. The highest BCUT2D eigenvalue weighted by atomic mass is 32.1. The molecule has 0 amide bonds. The summed E-state index contributed by atoms with van der Waals surface area (Å²) in [4.78, 5) is 32.1. The van der Waals surface area contributed by atoms with E-state index in [9.17, 15) is 14.0 Å². The van der Waals surface area contributed by atoms with Crippen LogP contribution in [0.2, 0.25) is 0 Å². The first-order chi connectivity index (χ1) is 19.7. The fourth-order valence-corrected chi connectivity index (χ4v) is 5.67. The third-order valence-corrected chi connectivity index (χ3v) is 7.39. The molecule has 2 aromatic heterocycles. The van der Waals surface area contributed by atoms with Gasteiger partial charge < -0.3 is 18.6 Å². The molecule has 0 saturated heterocycles. The molecule has 1 atom stereocenters. The van der Waals surface area contributed by atoms with E-state index >= 15 is 0 Å². The van der Waals surface area contributed by atoms with Crippen molar-refractivity contribution in [2.45, 2.75) is 39.8 Å². The number of allylic oxidation sites excluding steroid dienone is 1. The second-order valence-electron chi connectivity index (χ2n) is 9.59. The molecule has 5 rings (SSSR count). The zero-order valence-corrected chi connectivity index (χ0v) is 24.1. The molecular weight excluding hydrogens is 547 g/mol. The summed E-state index contributed by atoms with van der Waals surface area (Å²) in [6.45, 7) is 7.45. The van der Waals surface area contributed by atoms with E-state index in [0.717, 1.165) is 0 Å². The Bertz CT molecular complexity index is 1810. The second-order valence-corrected chi connectivity index (χ2v) is 10.6. The third kappa shape index (κ3) is 5.60. The van der Waals surface area contributed by atoms with Gasteiger partial charge in [-0.25, -0.2) is 14.2 Å². The molecule has 0 bridgehead atoms. The first-order valence-corrected chi connectivity index (χ1v) is 13.9. The summed E-state index contributed by atoms with van der Waals surface area (Å²) in [6, 6.07) is 14.0. The Kier molecular flexibility index (Phi) is 7.94. The maximum atomic E-state index is 13.9. The van der Waals surface area contributed by atoms with Gasteiger partial charge in [-0.1, -0.05) is 17.4 Å². The summed E-state index contributed by atoms with van der Waals surface area (Å²) >= 11 is 1.19. The van der Waals surface area contributed by atoms with Gasteiger partial charge in [-0.2, -0.15) is 0 Å². The van der Waals surface area contributed by atoms with Gasteiger partial charge in [0.2, 0.25) is 0 Å². The number of hydrogen-bond donors (Lipinski definition) is 0. The van der Waals surface area contributed by atoms with Gasteiger partial charge in [0.15, 0.2) is 16.3 Å². The smallest absolute Gasteiger partial charge is 0.338 e. The van der Waals surface area contributed by atoms with E-state index < -0.39 is 12.0 Å². The molecule has 0 aliphatic carbocycles. The zero-order valence-electron chi connectivity index (χ0n) is 23.3. The predicted octanol–water partition coefficient (Wildman–Crippen LogP) is 4.99. The van der Waals surface area contributed by atoms with Gasteiger partial charge >= 0.3 is 5.97 Å². The fraction of sp³-hybridized carbons (Fsp3) is 0.258. The molecule has 10 heteroatoms. The van der Waals surface area contributed by atoms with Crippen LogP contribution in [-0.4, -0.2) is 30.4 Å². The van der Waals surface area contributed by atoms with E-state index in [1.165, 1.54) is 35.1 Å². The lowest BCUT2D eigenvalue weighted by atomic mass is 9.95. The van der Waals surface area contributed by atoms with Crippen LogP contribution in [0.25, 0.3) is 17.4 Å². The molecule has 2 aromatic carbocycles.